The van der Waals surface area contributed by atoms with Gasteiger partial charge in [-0.1, -0.05) is 0 Å². The summed E-state index contributed by atoms with van der Waals surface area (Å²) in [6, 6.07) is 0. The van der Waals surface area contributed by atoms with Crippen molar-refractivity contribution in [2.24, 2.45) is 0 Å². The Bertz CT molecular complexity index is 366. The van der Waals surface area contributed by atoms with Crippen LogP contribution in [-0.4, -0.2) is 59.4 Å². The Morgan fingerprint density at radius 3 is 2.78 bits per heavy atom. The summed E-state index contributed by atoms with van der Waals surface area (Å²) in [5.41, 5.74) is 0. The number of piperidine rings is 1. The number of imidazole rings is 1. The van der Waals surface area contributed by atoms with E-state index in [0.717, 1.165) is 38.3 Å². The third-order valence-electron chi connectivity index (χ3n) is 3.53. The summed E-state index contributed by atoms with van der Waals surface area (Å²) in [5.74, 6) is 1.83. The molecule has 0 aromatic carbocycles. The van der Waals surface area contributed by atoms with Crippen molar-refractivity contribution in [2.45, 2.75) is 25.2 Å². The molecule has 0 bridgehead atoms. The highest BCUT2D eigenvalue weighted by Crippen LogP contribution is 2.25. The molecule has 0 spiro atoms. The molecular formula is C13H22N4O. The van der Waals surface area contributed by atoms with Gasteiger partial charge in [-0.25, -0.2) is 4.98 Å². The summed E-state index contributed by atoms with van der Waals surface area (Å²) in [6.45, 7) is 2.55. The molecule has 1 saturated heterocycles. The first-order valence-corrected chi connectivity index (χ1v) is 6.58. The molecule has 1 amide bonds. The number of H-pyrrole nitrogens is 1. The lowest BCUT2D eigenvalue weighted by atomic mass is 9.96. The molecule has 2 heterocycles. The molecule has 100 valence electrons. The Labute approximate surface area is 108 Å². The second-order valence-electron chi connectivity index (χ2n) is 5.18. The van der Waals surface area contributed by atoms with Crippen molar-refractivity contribution in [2.75, 3.05) is 33.7 Å². The molecule has 5 nitrogen and oxygen atoms in total. The first-order chi connectivity index (χ1) is 8.66. The fourth-order valence-electron chi connectivity index (χ4n) is 2.38. The fraction of sp³-hybridized carbons (Fsp3) is 0.692. The predicted molar refractivity (Wildman–Crippen MR) is 70.3 cm³/mol. The maximum atomic E-state index is 12.0. The molecule has 1 aliphatic heterocycles. The van der Waals surface area contributed by atoms with Crippen LogP contribution in [0, 0.1) is 0 Å². The van der Waals surface area contributed by atoms with Crippen molar-refractivity contribution in [1.82, 2.24) is 19.8 Å². The van der Waals surface area contributed by atoms with E-state index in [1.807, 2.05) is 30.1 Å². The summed E-state index contributed by atoms with van der Waals surface area (Å²) in [4.78, 5) is 23.5. The number of nitrogens with zero attached hydrogens (tertiary/aromatic N) is 3. The highest BCUT2D eigenvalue weighted by atomic mass is 16.2. The van der Waals surface area contributed by atoms with Crippen LogP contribution < -0.4 is 0 Å². The molecule has 1 N–H and O–H groups in total. The van der Waals surface area contributed by atoms with Crippen molar-refractivity contribution in [3.63, 3.8) is 0 Å². The molecular weight excluding hydrogens is 228 g/mol. The highest BCUT2D eigenvalue weighted by molar-refractivity contribution is 5.76. The zero-order chi connectivity index (χ0) is 13.0. The minimum Gasteiger partial charge on any atom is -0.348 e. The van der Waals surface area contributed by atoms with Gasteiger partial charge in [0.25, 0.3) is 0 Å². The van der Waals surface area contributed by atoms with Gasteiger partial charge >= 0.3 is 0 Å². The predicted octanol–water partition coefficient (Wildman–Crippen LogP) is 1.07. The summed E-state index contributed by atoms with van der Waals surface area (Å²) >= 11 is 0. The number of aromatic nitrogens is 2. The lowest BCUT2D eigenvalue weighted by Gasteiger charge is -2.31. The van der Waals surface area contributed by atoms with Gasteiger partial charge < -0.3 is 14.8 Å². The molecule has 1 fully saturated rings. The molecule has 18 heavy (non-hydrogen) atoms. The average Bonchev–Trinajstić information content (AvgIpc) is 2.90. The normalized spacial score (nSPS) is 17.4. The summed E-state index contributed by atoms with van der Waals surface area (Å²) < 4.78 is 0. The zero-order valence-corrected chi connectivity index (χ0v) is 11.2. The van der Waals surface area contributed by atoms with E-state index in [2.05, 4.69) is 9.97 Å². The molecule has 1 aromatic rings. The molecule has 5 heteroatoms. The Morgan fingerprint density at radius 1 is 1.50 bits per heavy atom. The van der Waals surface area contributed by atoms with Crippen LogP contribution in [-0.2, 0) is 4.79 Å². The van der Waals surface area contributed by atoms with Gasteiger partial charge in [0, 0.05) is 44.4 Å². The second-order valence-corrected chi connectivity index (χ2v) is 5.18. The standard InChI is InChI=1S/C13H22N4O/c1-16(2)8-5-12(18)17-9-3-11(4-10-17)13-14-6-7-15-13/h6-7,11H,3-5,8-10H2,1-2H3,(H,14,15). The largest absolute Gasteiger partial charge is 0.348 e. The average molecular weight is 250 g/mol. The number of aromatic amines is 1. The van der Waals surface area contributed by atoms with Gasteiger partial charge in [0.2, 0.25) is 5.91 Å². The topological polar surface area (TPSA) is 52.2 Å². The first-order valence-electron chi connectivity index (χ1n) is 6.58. The summed E-state index contributed by atoms with van der Waals surface area (Å²) in [5, 5.41) is 0. The van der Waals surface area contributed by atoms with Crippen LogP contribution in [0.1, 0.15) is 31.0 Å². The second kappa shape index (κ2) is 6.00. The SMILES string of the molecule is CN(C)CCC(=O)N1CCC(c2ncc[nH]2)CC1. The van der Waals surface area contributed by atoms with E-state index in [4.69, 9.17) is 0 Å². The minimum absolute atomic E-state index is 0.279. The molecule has 1 aromatic heterocycles. The van der Waals surface area contributed by atoms with E-state index >= 15 is 0 Å². The Balaban J connectivity index is 1.78. The quantitative estimate of drug-likeness (QED) is 0.869. The van der Waals surface area contributed by atoms with E-state index < -0.39 is 0 Å². The molecule has 0 radical (unpaired) electrons. The summed E-state index contributed by atoms with van der Waals surface area (Å²) in [6.07, 6.45) is 6.31. The van der Waals surface area contributed by atoms with E-state index in [1.54, 1.807) is 6.20 Å². The number of rotatable bonds is 4. The highest BCUT2D eigenvalue weighted by Gasteiger charge is 2.24. The third-order valence-corrected chi connectivity index (χ3v) is 3.53. The van der Waals surface area contributed by atoms with Crippen molar-refractivity contribution < 1.29 is 4.79 Å². The van der Waals surface area contributed by atoms with Crippen LogP contribution in [0.5, 0.6) is 0 Å². The van der Waals surface area contributed by atoms with Gasteiger partial charge in [-0.05, 0) is 26.9 Å². The first kappa shape index (κ1) is 13.1. The number of likely N-dealkylation sites (tertiary alicyclic amines) is 1. The molecule has 0 unspecified atom stereocenters. The van der Waals surface area contributed by atoms with Crippen LogP contribution in [0.2, 0.25) is 0 Å². The minimum atomic E-state index is 0.279. The van der Waals surface area contributed by atoms with Crippen LogP contribution in [0.25, 0.3) is 0 Å². The van der Waals surface area contributed by atoms with E-state index in [9.17, 15) is 4.79 Å². The van der Waals surface area contributed by atoms with E-state index in [-0.39, 0.29) is 5.91 Å². The number of amides is 1. The smallest absolute Gasteiger partial charge is 0.223 e. The maximum Gasteiger partial charge on any atom is 0.223 e. The molecule has 2 rings (SSSR count). The van der Waals surface area contributed by atoms with Crippen molar-refractivity contribution in [3.05, 3.63) is 18.2 Å². The molecule has 1 aliphatic rings. The molecule has 0 saturated carbocycles. The van der Waals surface area contributed by atoms with E-state index in [0.29, 0.717) is 12.3 Å². The lowest BCUT2D eigenvalue weighted by molar-refractivity contribution is -0.132. The van der Waals surface area contributed by atoms with Gasteiger partial charge in [0.1, 0.15) is 5.82 Å². The van der Waals surface area contributed by atoms with Gasteiger partial charge in [-0.15, -0.1) is 0 Å². The Morgan fingerprint density at radius 2 is 2.22 bits per heavy atom. The monoisotopic (exact) mass is 250 g/mol. The number of nitrogens with one attached hydrogen (secondary N) is 1. The van der Waals surface area contributed by atoms with Crippen molar-refractivity contribution in [3.8, 4) is 0 Å². The maximum absolute atomic E-state index is 12.0. The van der Waals surface area contributed by atoms with Crippen molar-refractivity contribution in [1.29, 1.82) is 0 Å². The van der Waals surface area contributed by atoms with Crippen molar-refractivity contribution >= 4 is 5.91 Å². The van der Waals surface area contributed by atoms with Crippen LogP contribution >= 0.6 is 0 Å². The Kier molecular flexibility index (Phi) is 4.36. The number of carbonyl (C=O) groups is 1. The number of hydrogen-bond acceptors (Lipinski definition) is 3. The lowest BCUT2D eigenvalue weighted by Crippen LogP contribution is -2.39. The fourth-order valence-corrected chi connectivity index (χ4v) is 2.38. The summed E-state index contributed by atoms with van der Waals surface area (Å²) in [7, 11) is 3.99. The van der Waals surface area contributed by atoms with Gasteiger partial charge in [-0.2, -0.15) is 0 Å². The number of carbonyl (C=O) groups excluding carboxylic acids is 1. The molecule has 0 aliphatic carbocycles. The van der Waals surface area contributed by atoms with E-state index in [1.165, 1.54) is 0 Å². The van der Waals surface area contributed by atoms with Gasteiger partial charge in [0.05, 0.1) is 0 Å². The Hall–Kier alpha value is -1.36. The van der Waals surface area contributed by atoms with Crippen LogP contribution in [0.3, 0.4) is 0 Å². The molecule has 0 atom stereocenters. The van der Waals surface area contributed by atoms with Crippen LogP contribution in [0.15, 0.2) is 12.4 Å². The third kappa shape index (κ3) is 3.32. The van der Waals surface area contributed by atoms with Gasteiger partial charge in [-0.3, -0.25) is 4.79 Å². The zero-order valence-electron chi connectivity index (χ0n) is 11.2. The number of hydrogen-bond donors (Lipinski definition) is 1. The van der Waals surface area contributed by atoms with Gasteiger partial charge in [0.15, 0.2) is 0 Å². The van der Waals surface area contributed by atoms with Crippen LogP contribution in [0.4, 0.5) is 0 Å².